The van der Waals surface area contributed by atoms with Crippen molar-refractivity contribution in [2.45, 2.75) is 31.8 Å². The van der Waals surface area contributed by atoms with E-state index < -0.39 is 10.0 Å². The smallest absolute Gasteiger partial charge is 0.244 e. The van der Waals surface area contributed by atoms with Crippen LogP contribution in [0.4, 0.5) is 0 Å². The molecule has 0 aliphatic heterocycles. The summed E-state index contributed by atoms with van der Waals surface area (Å²) in [5.41, 5.74) is 0.684. The predicted octanol–water partition coefficient (Wildman–Crippen LogP) is 2.16. The van der Waals surface area contributed by atoms with Crippen LogP contribution < -0.4 is 10.0 Å². The van der Waals surface area contributed by atoms with Crippen molar-refractivity contribution in [3.63, 3.8) is 0 Å². The molecule has 0 unspecified atom stereocenters. The first-order chi connectivity index (χ1) is 9.45. The molecule has 0 atom stereocenters. The van der Waals surface area contributed by atoms with E-state index in [9.17, 15) is 8.42 Å². The molecule has 0 aromatic carbocycles. The zero-order valence-electron chi connectivity index (χ0n) is 11.7. The van der Waals surface area contributed by atoms with Crippen LogP contribution in [-0.2, 0) is 23.1 Å². The SMILES string of the molecule is CNCc1c(C)oc(C)c1S(=O)(=O)NCc1cccs1. The van der Waals surface area contributed by atoms with E-state index in [0.717, 1.165) is 4.88 Å². The topological polar surface area (TPSA) is 71.3 Å². The molecule has 0 spiro atoms. The fourth-order valence-electron chi connectivity index (χ4n) is 2.09. The third kappa shape index (κ3) is 3.12. The molecule has 0 radical (unpaired) electrons. The van der Waals surface area contributed by atoms with Crippen molar-refractivity contribution in [2.24, 2.45) is 0 Å². The van der Waals surface area contributed by atoms with Crippen LogP contribution in [0.25, 0.3) is 0 Å². The minimum Gasteiger partial charge on any atom is -0.465 e. The van der Waals surface area contributed by atoms with Gasteiger partial charge in [0.25, 0.3) is 0 Å². The van der Waals surface area contributed by atoms with E-state index in [0.29, 0.717) is 30.2 Å². The number of hydrogen-bond acceptors (Lipinski definition) is 5. The molecule has 2 aromatic rings. The Bertz CT molecular complexity index is 673. The quantitative estimate of drug-likeness (QED) is 0.857. The monoisotopic (exact) mass is 314 g/mol. The van der Waals surface area contributed by atoms with E-state index in [2.05, 4.69) is 10.0 Å². The lowest BCUT2D eigenvalue weighted by atomic mass is 10.2. The van der Waals surface area contributed by atoms with E-state index in [1.165, 1.54) is 11.3 Å². The third-order valence-electron chi connectivity index (χ3n) is 2.96. The molecular weight excluding hydrogens is 296 g/mol. The average molecular weight is 314 g/mol. The molecule has 0 saturated carbocycles. The van der Waals surface area contributed by atoms with Gasteiger partial charge in [0.1, 0.15) is 16.4 Å². The highest BCUT2D eigenvalue weighted by Crippen LogP contribution is 2.26. The predicted molar refractivity (Wildman–Crippen MR) is 79.3 cm³/mol. The van der Waals surface area contributed by atoms with Crippen LogP contribution in [0.15, 0.2) is 26.8 Å². The lowest BCUT2D eigenvalue weighted by Crippen LogP contribution is -2.25. The first kappa shape index (κ1) is 15.2. The summed E-state index contributed by atoms with van der Waals surface area (Å²) in [6.45, 7) is 4.20. The summed E-state index contributed by atoms with van der Waals surface area (Å²) in [7, 11) is -1.80. The number of aryl methyl sites for hydroxylation is 2. The molecule has 0 bridgehead atoms. The third-order valence-corrected chi connectivity index (χ3v) is 5.44. The van der Waals surface area contributed by atoms with Gasteiger partial charge in [0.05, 0.1) is 0 Å². The van der Waals surface area contributed by atoms with Crippen molar-refractivity contribution >= 4 is 21.4 Å². The molecule has 5 nitrogen and oxygen atoms in total. The van der Waals surface area contributed by atoms with Crippen LogP contribution in [0.2, 0.25) is 0 Å². The zero-order valence-corrected chi connectivity index (χ0v) is 13.3. The summed E-state index contributed by atoms with van der Waals surface area (Å²) in [6, 6.07) is 3.79. The summed E-state index contributed by atoms with van der Waals surface area (Å²) < 4.78 is 33.0. The van der Waals surface area contributed by atoms with Crippen LogP contribution in [-0.4, -0.2) is 15.5 Å². The van der Waals surface area contributed by atoms with Gasteiger partial charge in [-0.25, -0.2) is 13.1 Å². The molecular formula is C13H18N2O3S2. The van der Waals surface area contributed by atoms with Crippen LogP contribution in [0.3, 0.4) is 0 Å². The number of hydrogen-bond donors (Lipinski definition) is 2. The van der Waals surface area contributed by atoms with Crippen molar-refractivity contribution in [1.82, 2.24) is 10.0 Å². The Morgan fingerprint density at radius 1 is 1.25 bits per heavy atom. The Hall–Kier alpha value is -1.15. The summed E-state index contributed by atoms with van der Waals surface area (Å²) in [4.78, 5) is 1.22. The second-order valence-electron chi connectivity index (χ2n) is 4.46. The van der Waals surface area contributed by atoms with Gasteiger partial charge in [-0.2, -0.15) is 0 Å². The van der Waals surface area contributed by atoms with Crippen molar-refractivity contribution in [1.29, 1.82) is 0 Å². The number of rotatable bonds is 6. The molecule has 7 heteroatoms. The first-order valence-electron chi connectivity index (χ1n) is 6.21. The molecule has 2 aromatic heterocycles. The maximum atomic E-state index is 12.5. The van der Waals surface area contributed by atoms with Gasteiger partial charge in [0.15, 0.2) is 0 Å². The van der Waals surface area contributed by atoms with Gasteiger partial charge in [-0.15, -0.1) is 11.3 Å². The van der Waals surface area contributed by atoms with Gasteiger partial charge in [0.2, 0.25) is 10.0 Å². The maximum Gasteiger partial charge on any atom is 0.244 e. The largest absolute Gasteiger partial charge is 0.465 e. The van der Waals surface area contributed by atoms with E-state index in [4.69, 9.17) is 4.42 Å². The van der Waals surface area contributed by atoms with E-state index in [-0.39, 0.29) is 4.90 Å². The number of sulfonamides is 1. The zero-order chi connectivity index (χ0) is 14.8. The highest BCUT2D eigenvalue weighted by molar-refractivity contribution is 7.89. The molecule has 0 saturated heterocycles. The fraction of sp³-hybridized carbons (Fsp3) is 0.385. The Morgan fingerprint density at radius 2 is 2.00 bits per heavy atom. The Kier molecular flexibility index (Phi) is 4.64. The van der Waals surface area contributed by atoms with Gasteiger partial charge >= 0.3 is 0 Å². The van der Waals surface area contributed by atoms with Crippen LogP contribution >= 0.6 is 11.3 Å². The molecule has 2 heterocycles. The van der Waals surface area contributed by atoms with Crippen molar-refractivity contribution in [3.05, 3.63) is 39.5 Å². The molecule has 2 N–H and O–H groups in total. The van der Waals surface area contributed by atoms with Crippen molar-refractivity contribution < 1.29 is 12.8 Å². The highest BCUT2D eigenvalue weighted by atomic mass is 32.2. The van der Waals surface area contributed by atoms with Gasteiger partial charge in [0, 0.05) is 23.5 Å². The Morgan fingerprint density at radius 3 is 2.60 bits per heavy atom. The summed E-state index contributed by atoms with van der Waals surface area (Å²) in [5, 5.41) is 4.89. The van der Waals surface area contributed by atoms with E-state index in [1.807, 2.05) is 17.5 Å². The minimum atomic E-state index is -3.58. The standard InChI is InChI=1S/C13H18N2O3S2/c1-9-12(8-14-3)13(10(2)18-9)20(16,17)15-7-11-5-4-6-19-11/h4-6,14-15H,7-8H2,1-3H3. The number of furan rings is 1. The Labute approximate surface area is 123 Å². The van der Waals surface area contributed by atoms with E-state index in [1.54, 1.807) is 20.9 Å². The molecule has 110 valence electrons. The van der Waals surface area contributed by atoms with Crippen molar-refractivity contribution in [3.8, 4) is 0 Å². The van der Waals surface area contributed by atoms with E-state index >= 15 is 0 Å². The molecule has 0 aliphatic rings. The normalized spacial score (nSPS) is 11.9. The minimum absolute atomic E-state index is 0.251. The molecule has 20 heavy (non-hydrogen) atoms. The van der Waals surface area contributed by atoms with Gasteiger partial charge in [-0.3, -0.25) is 0 Å². The lowest BCUT2D eigenvalue weighted by molar-refractivity contribution is 0.493. The van der Waals surface area contributed by atoms with Crippen LogP contribution in [0.1, 0.15) is 22.0 Å². The first-order valence-corrected chi connectivity index (χ1v) is 8.57. The number of nitrogens with one attached hydrogen (secondary N) is 2. The fourth-order valence-corrected chi connectivity index (χ4v) is 4.28. The van der Waals surface area contributed by atoms with Crippen molar-refractivity contribution in [2.75, 3.05) is 7.05 Å². The van der Waals surface area contributed by atoms with Crippen LogP contribution in [0, 0.1) is 13.8 Å². The molecule has 0 fully saturated rings. The summed E-state index contributed by atoms with van der Waals surface area (Å²) in [6.07, 6.45) is 0. The Balaban J connectivity index is 2.29. The molecule has 2 rings (SSSR count). The van der Waals surface area contributed by atoms with Gasteiger partial charge in [-0.05, 0) is 32.3 Å². The summed E-state index contributed by atoms with van der Waals surface area (Å²) >= 11 is 1.52. The number of thiophene rings is 1. The summed E-state index contributed by atoms with van der Waals surface area (Å²) in [5.74, 6) is 1.06. The molecule has 0 aliphatic carbocycles. The van der Waals surface area contributed by atoms with Crippen LogP contribution in [0.5, 0.6) is 0 Å². The van der Waals surface area contributed by atoms with Gasteiger partial charge < -0.3 is 9.73 Å². The highest BCUT2D eigenvalue weighted by Gasteiger charge is 2.26. The lowest BCUT2D eigenvalue weighted by Gasteiger charge is -2.07. The second-order valence-corrected chi connectivity index (χ2v) is 7.19. The second kappa shape index (κ2) is 6.09. The average Bonchev–Trinajstić information content (AvgIpc) is 2.97. The van der Waals surface area contributed by atoms with Gasteiger partial charge in [-0.1, -0.05) is 6.07 Å². The molecule has 0 amide bonds. The maximum absolute atomic E-state index is 12.5.